The zero-order valence-electron chi connectivity index (χ0n) is 14.5. The number of nitrogens with one attached hydrogen (secondary N) is 2. The maximum Gasteiger partial charge on any atom is 1.00 e. The summed E-state index contributed by atoms with van der Waals surface area (Å²) < 4.78 is 0.932. The molecule has 0 aliphatic heterocycles. The maximum atomic E-state index is 12.2. The van der Waals surface area contributed by atoms with E-state index < -0.39 is 0 Å². The fourth-order valence-corrected chi connectivity index (χ4v) is 3.57. The number of nitriles is 1. The van der Waals surface area contributed by atoms with Gasteiger partial charge in [-0.1, -0.05) is 29.8 Å². The van der Waals surface area contributed by atoms with Crippen molar-refractivity contribution in [3.8, 4) is 6.07 Å². The van der Waals surface area contributed by atoms with Crippen LogP contribution in [0.25, 0.3) is 0 Å². The van der Waals surface area contributed by atoms with E-state index >= 15 is 0 Å². The molecule has 1 heterocycles. The van der Waals surface area contributed by atoms with Crippen LogP contribution in [0.5, 0.6) is 0 Å². The van der Waals surface area contributed by atoms with Gasteiger partial charge in [0.15, 0.2) is 0 Å². The van der Waals surface area contributed by atoms with E-state index in [1.807, 2.05) is 38.3 Å². The number of hydrogen-bond acceptors (Lipinski definition) is 4. The molecule has 0 saturated carbocycles. The summed E-state index contributed by atoms with van der Waals surface area (Å²) in [6.45, 7) is 5.95. The Labute approximate surface area is 172 Å². The van der Waals surface area contributed by atoms with Crippen molar-refractivity contribution < 1.29 is 35.8 Å². The van der Waals surface area contributed by atoms with Crippen LogP contribution in [0.2, 0.25) is 0 Å². The Hall–Kier alpha value is -0.840. The molecule has 2 aromatic rings. The van der Waals surface area contributed by atoms with Gasteiger partial charge in [-0.3, -0.25) is 15.6 Å². The largest absolute Gasteiger partial charge is 1.00 e. The van der Waals surface area contributed by atoms with Crippen LogP contribution in [0, 0.1) is 18.3 Å². The van der Waals surface area contributed by atoms with Gasteiger partial charge in [0.1, 0.15) is 11.1 Å². The number of thiophene rings is 1. The summed E-state index contributed by atoms with van der Waals surface area (Å²) in [5, 5.41) is 11.9. The molecule has 0 saturated heterocycles. The van der Waals surface area contributed by atoms with Crippen molar-refractivity contribution in [3.63, 3.8) is 0 Å². The Bertz CT molecular complexity index is 758. The molecule has 23 heavy (non-hydrogen) atoms. The normalized spacial score (nSPS) is 9.91. The van der Waals surface area contributed by atoms with Crippen LogP contribution < -0.4 is 40.4 Å². The van der Waals surface area contributed by atoms with Gasteiger partial charge in [0, 0.05) is 10.0 Å². The van der Waals surface area contributed by atoms with E-state index in [2.05, 4.69) is 32.9 Å². The molecule has 0 aliphatic rings. The summed E-state index contributed by atoms with van der Waals surface area (Å²) in [6, 6.07) is 7.67. The number of hydrogen-bond donors (Lipinski definition) is 2. The minimum absolute atomic E-state index is 0. The van der Waals surface area contributed by atoms with Crippen LogP contribution in [0.15, 0.2) is 28.1 Å². The molecular weight excluding hydrogens is 385 g/mol. The molecule has 0 fully saturated rings. The summed E-state index contributed by atoms with van der Waals surface area (Å²) in [4.78, 5) is 12.2. The third-order valence-corrected chi connectivity index (χ3v) is 4.68. The molecule has 0 atom stereocenters. The Kier molecular flexibility index (Phi) is 7.78. The summed E-state index contributed by atoms with van der Waals surface area (Å²) >= 11 is 4.79. The number of hydrazine groups is 1. The average Bonchev–Trinajstić information content (AvgIpc) is 2.87. The van der Waals surface area contributed by atoms with E-state index in [0.29, 0.717) is 16.1 Å². The van der Waals surface area contributed by atoms with Gasteiger partial charge in [-0.2, -0.15) is 5.26 Å². The maximum absolute atomic E-state index is 12.2. The van der Waals surface area contributed by atoms with Crippen molar-refractivity contribution in [2.75, 3.05) is 5.43 Å². The van der Waals surface area contributed by atoms with Gasteiger partial charge in [0.25, 0.3) is 5.91 Å². The molecule has 2 N–H and O–H groups in total. The van der Waals surface area contributed by atoms with E-state index in [1.54, 1.807) is 6.07 Å². The number of anilines is 1. The number of aryl methyl sites for hydroxylation is 1. The van der Waals surface area contributed by atoms with Crippen molar-refractivity contribution >= 4 is 38.2 Å². The monoisotopic (exact) mass is 401 g/mol. The van der Waals surface area contributed by atoms with E-state index in [9.17, 15) is 10.1 Å². The fourth-order valence-electron chi connectivity index (χ4n) is 2.07. The first-order valence-corrected chi connectivity index (χ1v) is 8.45. The van der Waals surface area contributed by atoms with Gasteiger partial charge in [-0.25, -0.2) is 0 Å². The second-order valence-electron chi connectivity index (χ2n) is 5.20. The first-order chi connectivity index (χ1) is 10.4. The third kappa shape index (κ3) is 4.82. The van der Waals surface area contributed by atoms with Gasteiger partial charge < -0.3 is 1.43 Å². The minimum Gasteiger partial charge on any atom is -1.00 e. The molecule has 0 aliphatic carbocycles. The molecule has 0 unspecified atom stereocenters. The molecule has 2 rings (SSSR count). The number of rotatable bonds is 4. The predicted octanol–water partition coefficient (Wildman–Crippen LogP) is 1.69. The smallest absolute Gasteiger partial charge is 1.00 e. The van der Waals surface area contributed by atoms with E-state index in [4.69, 9.17) is 0 Å². The van der Waals surface area contributed by atoms with Crippen LogP contribution in [-0.2, 0) is 0 Å². The van der Waals surface area contributed by atoms with Crippen LogP contribution in [0.4, 0.5) is 5.00 Å². The van der Waals surface area contributed by atoms with Crippen molar-refractivity contribution in [3.05, 3.63) is 50.3 Å². The van der Waals surface area contributed by atoms with Crippen molar-refractivity contribution in [2.45, 2.75) is 26.7 Å². The number of carbonyl (C=O) groups excluding carboxylic acids is 1. The topological polar surface area (TPSA) is 64.9 Å². The third-order valence-electron chi connectivity index (χ3n) is 3.28. The number of nitrogens with zero attached hydrogens (tertiary/aromatic N) is 1. The Morgan fingerprint density at radius 1 is 1.43 bits per heavy atom. The summed E-state index contributed by atoms with van der Waals surface area (Å²) in [5.41, 5.74) is 8.57. The number of benzene rings is 1. The summed E-state index contributed by atoms with van der Waals surface area (Å²) in [5.74, 6) is 0.0410. The molecule has 0 bridgehead atoms. The van der Waals surface area contributed by atoms with Gasteiger partial charge in [0.2, 0.25) is 0 Å². The van der Waals surface area contributed by atoms with Crippen LogP contribution >= 0.6 is 27.3 Å². The molecule has 1 aromatic carbocycles. The van der Waals surface area contributed by atoms with Gasteiger partial charge in [-0.15, -0.1) is 11.3 Å². The molecule has 4 nitrogen and oxygen atoms in total. The molecule has 0 radical (unpaired) electrons. The van der Waals surface area contributed by atoms with Crippen molar-refractivity contribution in [1.82, 2.24) is 5.43 Å². The molecule has 1 amide bonds. The summed E-state index contributed by atoms with van der Waals surface area (Å²) in [6.07, 6.45) is 0. The molecule has 116 valence electrons. The standard InChI is InChI=1S/C16H16BrN3OS.Na.H/c1-9(2)14-8-22-16(13(14)7-18)20-19-15(21)12-5-4-11(17)6-10(12)3;;/h4-6,8-9,20H,1-3H3,(H,19,21);;/q;+1;-1. The van der Waals surface area contributed by atoms with E-state index in [1.165, 1.54) is 11.3 Å². The minimum atomic E-state index is -0.228. The zero-order valence-corrected chi connectivity index (χ0v) is 17.9. The van der Waals surface area contributed by atoms with Gasteiger partial charge in [0.05, 0.1) is 5.56 Å². The van der Waals surface area contributed by atoms with Gasteiger partial charge in [-0.05, 0) is 47.5 Å². The van der Waals surface area contributed by atoms with Gasteiger partial charge >= 0.3 is 29.6 Å². The molecular formula is C16H17BrN3NaOS. The molecule has 1 aromatic heterocycles. The first kappa shape index (κ1) is 20.2. The molecule has 0 spiro atoms. The average molecular weight is 402 g/mol. The number of halogens is 1. The number of carbonyl (C=O) groups is 1. The SMILES string of the molecule is Cc1cc(Br)ccc1C(=O)NNc1scc(C(C)C)c1C#N.[H-].[Na+]. The predicted molar refractivity (Wildman–Crippen MR) is 94.2 cm³/mol. The second-order valence-corrected chi connectivity index (χ2v) is 7.00. The summed E-state index contributed by atoms with van der Waals surface area (Å²) in [7, 11) is 0. The van der Waals surface area contributed by atoms with Crippen LogP contribution in [-0.4, -0.2) is 5.91 Å². The quantitative estimate of drug-likeness (QED) is 0.605. The first-order valence-electron chi connectivity index (χ1n) is 6.78. The second kappa shape index (κ2) is 8.86. The van der Waals surface area contributed by atoms with Crippen LogP contribution in [0.3, 0.4) is 0 Å². The van der Waals surface area contributed by atoms with Crippen molar-refractivity contribution in [1.29, 1.82) is 5.26 Å². The molecule has 7 heteroatoms. The Morgan fingerprint density at radius 3 is 2.70 bits per heavy atom. The number of amides is 1. The van der Waals surface area contributed by atoms with Crippen LogP contribution in [0.1, 0.15) is 48.2 Å². The van der Waals surface area contributed by atoms with E-state index in [0.717, 1.165) is 15.6 Å². The van der Waals surface area contributed by atoms with E-state index in [-0.39, 0.29) is 42.8 Å². The Morgan fingerprint density at radius 2 is 2.13 bits per heavy atom. The Balaban J connectivity index is 0.00000264. The van der Waals surface area contributed by atoms with Crippen molar-refractivity contribution in [2.24, 2.45) is 0 Å². The zero-order chi connectivity index (χ0) is 16.3. The fraction of sp³-hybridized carbons (Fsp3) is 0.250.